The van der Waals surface area contributed by atoms with Gasteiger partial charge in [0.05, 0.1) is 65.1 Å². The summed E-state index contributed by atoms with van der Waals surface area (Å²) in [5, 5.41) is 42.1. The van der Waals surface area contributed by atoms with Crippen molar-refractivity contribution < 1.29 is 106 Å². The highest BCUT2D eigenvalue weighted by Gasteiger charge is 2.76. The summed E-state index contributed by atoms with van der Waals surface area (Å²) in [4.78, 5) is 142. The second-order valence-electron chi connectivity index (χ2n) is 27.8. The maximum Gasteiger partial charge on any atom is 0.407 e. The molecule has 0 bridgehead atoms. The number of nitrogens with two attached hydrogens (primary N) is 1. The first-order chi connectivity index (χ1) is 49.9. The molecule has 1 aliphatic heterocycles. The van der Waals surface area contributed by atoms with Crippen molar-refractivity contribution in [3.05, 3.63) is 53.6 Å². The Morgan fingerprint density at radius 1 is 0.750 bits per heavy atom. The lowest BCUT2D eigenvalue weighted by molar-refractivity contribution is -0.201. The lowest BCUT2D eigenvalue weighted by Gasteiger charge is -2.59. The molecule has 1 saturated heterocycles. The number of aliphatic carboxylic acids is 1. The molecule has 12 N–H and O–H groups in total. The number of hydrogen-bond donors (Lipinski definition) is 11. The minimum atomic E-state index is -1.41. The number of carboxylic acid groups (broad SMARTS) is 1. The van der Waals surface area contributed by atoms with Gasteiger partial charge in [-0.15, -0.1) is 5.92 Å². The number of urea groups is 1. The van der Waals surface area contributed by atoms with Crippen LogP contribution in [0.25, 0.3) is 0 Å². The SMILES string of the molecule is CCCC1O[C@@H]2C[C@H]3[C@@H]4CCC5=CC(=O)C=C[C@]5(C)[C@H]4[C@@H](O)C[C@]3(C)[C@]2(C(=O)COCNC(=O)CNC(=O)OCc2ccc(NC(=O)[C@H](CCCNC(N)=O)NC(=O)[C@@H](NC(=O)[C@H](CCC(=O)O)NC(=O)CCOCCOCCOCCOCCNC(=O)COC3C#CCCCCC3)C(C)C)cc2)O1. The van der Waals surface area contributed by atoms with Gasteiger partial charge in [0.25, 0.3) is 0 Å². The van der Waals surface area contributed by atoms with Crippen LogP contribution in [0.5, 0.6) is 0 Å². The summed E-state index contributed by atoms with van der Waals surface area (Å²) in [7, 11) is 0. The number of ketones is 2. The van der Waals surface area contributed by atoms with Gasteiger partial charge in [0, 0.05) is 54.8 Å². The van der Waals surface area contributed by atoms with E-state index in [0.717, 1.165) is 50.5 Å². The molecule has 6 aliphatic rings. The predicted molar refractivity (Wildman–Crippen MR) is 374 cm³/mol. The Morgan fingerprint density at radius 2 is 1.46 bits per heavy atom. The number of rotatable bonds is 44. The number of carbonyl (C=O) groups excluding carboxylic acids is 10. The number of allylic oxidation sites excluding steroid dienone is 4. The molecule has 13 atom stereocenters. The summed E-state index contributed by atoms with van der Waals surface area (Å²) in [6.45, 7) is 9.91. The molecular weight excluding hydrogens is 1350 g/mol. The summed E-state index contributed by atoms with van der Waals surface area (Å²) in [5.74, 6) is -0.0321. The number of fused-ring (bicyclic) bond motifs is 7. The Morgan fingerprint density at radius 3 is 2.16 bits per heavy atom. The van der Waals surface area contributed by atoms with Crippen LogP contribution in [0.2, 0.25) is 0 Å². The normalized spacial score (nSPS) is 25.2. The summed E-state index contributed by atoms with van der Waals surface area (Å²) < 4.78 is 51.9. The van der Waals surface area contributed by atoms with Gasteiger partial charge in [-0.3, -0.25) is 43.2 Å². The Labute approximate surface area is 607 Å². The van der Waals surface area contributed by atoms with E-state index in [-0.39, 0.29) is 139 Å². The van der Waals surface area contributed by atoms with Crippen LogP contribution in [-0.2, 0) is 92.4 Å². The largest absolute Gasteiger partial charge is 0.481 e. The molecule has 31 heteroatoms. The van der Waals surface area contributed by atoms with Crippen molar-refractivity contribution in [2.45, 2.75) is 192 Å². The third-order valence-corrected chi connectivity index (χ3v) is 20.1. The smallest absolute Gasteiger partial charge is 0.407 e. The molecule has 7 rings (SSSR count). The molecule has 576 valence electrons. The van der Waals surface area contributed by atoms with E-state index in [4.69, 9.17) is 48.4 Å². The van der Waals surface area contributed by atoms with Gasteiger partial charge in [-0.25, -0.2) is 9.59 Å². The van der Waals surface area contributed by atoms with E-state index in [1.54, 1.807) is 38.1 Å². The van der Waals surface area contributed by atoms with Gasteiger partial charge < -0.3 is 101 Å². The van der Waals surface area contributed by atoms with Gasteiger partial charge in [-0.05, 0) is 118 Å². The van der Waals surface area contributed by atoms with Crippen LogP contribution >= 0.6 is 0 Å². The topological polar surface area (TPSA) is 434 Å². The first kappa shape index (κ1) is 83.3. The third kappa shape index (κ3) is 24.3. The summed E-state index contributed by atoms with van der Waals surface area (Å²) in [6.07, 6.45) is 9.76. The van der Waals surface area contributed by atoms with Crippen LogP contribution in [0.3, 0.4) is 0 Å². The molecule has 1 heterocycles. The Bertz CT molecular complexity index is 3230. The number of aliphatic hydroxyl groups is 1. The van der Waals surface area contributed by atoms with Gasteiger partial charge in [-0.2, -0.15) is 0 Å². The molecule has 0 spiro atoms. The van der Waals surface area contributed by atoms with Gasteiger partial charge in [0.15, 0.2) is 23.5 Å². The molecule has 31 nitrogen and oxygen atoms in total. The maximum absolute atomic E-state index is 14.6. The number of aliphatic hydroxyl groups excluding tert-OH is 1. The van der Waals surface area contributed by atoms with Crippen molar-refractivity contribution in [3.63, 3.8) is 0 Å². The van der Waals surface area contributed by atoms with Crippen molar-refractivity contribution in [1.82, 2.24) is 37.2 Å². The zero-order valence-corrected chi connectivity index (χ0v) is 60.4. The number of carbonyl (C=O) groups is 11. The number of carboxylic acids is 1. The Balaban J connectivity index is 0.784. The first-order valence-electron chi connectivity index (χ1n) is 36.3. The van der Waals surface area contributed by atoms with Gasteiger partial charge in [0.2, 0.25) is 35.4 Å². The average Bonchev–Trinajstić information content (AvgIpc) is 1.49. The number of amides is 9. The molecule has 9 amide bonds. The van der Waals surface area contributed by atoms with Crippen LogP contribution in [0.15, 0.2) is 48.1 Å². The number of benzene rings is 1. The average molecular weight is 1460 g/mol. The number of hydrogen-bond acceptors (Lipinski definition) is 21. The van der Waals surface area contributed by atoms with Crippen LogP contribution in [0.1, 0.15) is 143 Å². The number of anilines is 1. The van der Waals surface area contributed by atoms with Crippen molar-refractivity contribution in [2.75, 3.05) is 97.8 Å². The fourth-order valence-corrected chi connectivity index (χ4v) is 14.9. The monoisotopic (exact) mass is 1460 g/mol. The fraction of sp³-hybridized carbons (Fsp3) is 0.685. The third-order valence-electron chi connectivity index (χ3n) is 20.1. The number of Topliss-reactive ketones (excluding diaryl/α,β-unsaturated/α-hetero) is 1. The van der Waals surface area contributed by atoms with Crippen molar-refractivity contribution in [2.24, 2.45) is 40.2 Å². The van der Waals surface area contributed by atoms with Crippen LogP contribution in [0.4, 0.5) is 15.3 Å². The highest BCUT2D eigenvalue weighted by atomic mass is 16.7. The second kappa shape index (κ2) is 41.7. The van der Waals surface area contributed by atoms with Crippen molar-refractivity contribution in [1.29, 1.82) is 0 Å². The predicted octanol–water partition coefficient (Wildman–Crippen LogP) is 3.03. The Hall–Kier alpha value is -7.93. The lowest BCUT2D eigenvalue weighted by atomic mass is 9.46. The van der Waals surface area contributed by atoms with E-state index in [0.29, 0.717) is 51.2 Å². The quantitative estimate of drug-likeness (QED) is 0.0254. The number of primary amides is 1. The summed E-state index contributed by atoms with van der Waals surface area (Å²) >= 11 is 0. The molecule has 4 fully saturated rings. The van der Waals surface area contributed by atoms with Crippen molar-refractivity contribution >= 4 is 70.8 Å². The molecule has 3 saturated carbocycles. The minimum Gasteiger partial charge on any atom is -0.481 e. The lowest BCUT2D eigenvalue weighted by Crippen LogP contribution is -2.63. The van der Waals surface area contributed by atoms with Gasteiger partial charge in [-0.1, -0.05) is 77.2 Å². The molecule has 2 unspecified atom stereocenters. The molecule has 5 aliphatic carbocycles. The Kier molecular flexibility index (Phi) is 33.4. The minimum absolute atomic E-state index is 0.0126. The zero-order valence-electron chi connectivity index (χ0n) is 60.4. The van der Waals surface area contributed by atoms with Crippen LogP contribution in [0, 0.1) is 46.3 Å². The summed E-state index contributed by atoms with van der Waals surface area (Å²) in [5.41, 5.74) is 4.31. The summed E-state index contributed by atoms with van der Waals surface area (Å²) in [6, 6.07) is 1.45. The van der Waals surface area contributed by atoms with Gasteiger partial charge in [0.1, 0.15) is 57.3 Å². The van der Waals surface area contributed by atoms with E-state index in [9.17, 15) is 63.0 Å². The fourth-order valence-electron chi connectivity index (χ4n) is 14.9. The molecular formula is C73H107N9O22. The maximum atomic E-state index is 14.6. The van der Waals surface area contributed by atoms with E-state index in [2.05, 4.69) is 61.3 Å². The molecule has 0 radical (unpaired) electrons. The molecule has 1 aromatic carbocycles. The van der Waals surface area contributed by atoms with Crippen LogP contribution < -0.4 is 48.3 Å². The number of nitrogens with one attached hydrogen (secondary N) is 8. The van der Waals surface area contributed by atoms with Crippen molar-refractivity contribution in [3.8, 4) is 11.8 Å². The van der Waals surface area contributed by atoms with E-state index in [1.165, 1.54) is 12.1 Å². The number of alkyl carbamates (subject to hydrolysis) is 1. The molecule has 1 aromatic rings. The standard InChI is InChI=1S/C73H107N9O22/c1-6-13-63-103-58-39-53-52-22-19-48-38-50(83)25-27-71(48,4)64(52)56(84)40-72(53,5)73(58,104-63)57(85)43-100-45-78-60(87)41-77-70(95)102-42-47-17-20-49(21-18-47)79-66(91)54(16-12-28-76-69(74)94)81-68(93)65(46(2)3)82-67(92)55(23-24-62(89)90)80-59(86)26-30-96-32-34-98-36-37-99-35-33-97-31-29-75-61(88)44-101-51-14-10-8-7-9-11-15-51/h17-18,20-21,25,27,38,46,51-56,58,63-65,84H,6-10,12-14,16,19,22-24,26,28-37,39-45H2,1-5H3,(H,75,88)(H,77,95)(H,78,87)(H,79,91)(H,80,86)(H,81,93)(H,82,92)(H,89,90)(H3,74,76,94)/t51?,52-,53-,54-,55-,56-,58+,63?,64+,65-,71-,72-,73+/m0/s1. The molecule has 0 aromatic heterocycles. The first-order valence-corrected chi connectivity index (χ1v) is 36.3. The van der Waals surface area contributed by atoms with Gasteiger partial charge >= 0.3 is 18.1 Å². The van der Waals surface area contributed by atoms with E-state index in [1.807, 2.05) is 19.9 Å². The highest BCUT2D eigenvalue weighted by Crippen LogP contribution is 2.70. The second-order valence-corrected chi connectivity index (χ2v) is 27.8. The van der Waals surface area contributed by atoms with E-state index >= 15 is 0 Å². The molecule has 104 heavy (non-hydrogen) atoms. The van der Waals surface area contributed by atoms with Crippen LogP contribution in [-0.4, -0.2) is 216 Å². The number of ether oxygens (including phenoxy) is 9. The van der Waals surface area contributed by atoms with E-state index < -0.39 is 126 Å². The zero-order chi connectivity index (χ0) is 75.2. The highest BCUT2D eigenvalue weighted by molar-refractivity contribution is 6.01.